The van der Waals surface area contributed by atoms with Crippen molar-refractivity contribution < 1.29 is 19.0 Å². The number of ether oxygens (including phenoxy) is 3. The SMILES string of the molecule is CCOCCN(C)CCOc1cc(C(=O)Nc2cccc(N(C)C)c2)nc(N2CCOCC2)n1. The van der Waals surface area contributed by atoms with E-state index in [0.717, 1.165) is 12.2 Å². The third kappa shape index (κ3) is 7.82. The lowest BCUT2D eigenvalue weighted by Crippen LogP contribution is -2.37. The van der Waals surface area contributed by atoms with E-state index in [9.17, 15) is 4.79 Å². The fourth-order valence-electron chi connectivity index (χ4n) is 3.35. The Morgan fingerprint density at radius 2 is 1.88 bits per heavy atom. The van der Waals surface area contributed by atoms with Gasteiger partial charge in [-0.15, -0.1) is 0 Å². The average Bonchev–Trinajstić information content (AvgIpc) is 2.84. The summed E-state index contributed by atoms with van der Waals surface area (Å²) in [5, 5.41) is 2.94. The van der Waals surface area contributed by atoms with Gasteiger partial charge in [-0.05, 0) is 32.2 Å². The molecule has 0 radical (unpaired) electrons. The average molecular weight is 473 g/mol. The van der Waals surface area contributed by atoms with E-state index >= 15 is 0 Å². The van der Waals surface area contributed by atoms with Crippen LogP contribution in [0.2, 0.25) is 0 Å². The lowest BCUT2D eigenvalue weighted by atomic mass is 10.2. The highest BCUT2D eigenvalue weighted by atomic mass is 16.5. The Balaban J connectivity index is 1.72. The second-order valence-electron chi connectivity index (χ2n) is 8.24. The standard InChI is InChI=1S/C24H36N6O4/c1-5-32-13-9-29(4)10-16-34-22-18-21(26-24(27-22)30-11-14-33-15-12-30)23(31)25-19-7-6-8-20(17-19)28(2)3/h6-8,17-18H,5,9-16H2,1-4H3,(H,25,31). The van der Waals surface area contributed by atoms with E-state index in [-0.39, 0.29) is 11.6 Å². The predicted octanol–water partition coefficient (Wildman–Crippen LogP) is 1.98. The number of carbonyl (C=O) groups excluding carboxylic acids is 1. The van der Waals surface area contributed by atoms with Gasteiger partial charge in [0.25, 0.3) is 5.91 Å². The number of morpholine rings is 1. The molecule has 0 unspecified atom stereocenters. The van der Waals surface area contributed by atoms with Crippen molar-refractivity contribution in [1.82, 2.24) is 14.9 Å². The van der Waals surface area contributed by atoms with Gasteiger partial charge in [0.15, 0.2) is 0 Å². The number of rotatable bonds is 12. The first-order valence-electron chi connectivity index (χ1n) is 11.7. The molecule has 1 fully saturated rings. The van der Waals surface area contributed by atoms with Crippen molar-refractivity contribution in [1.29, 1.82) is 0 Å². The molecule has 0 aliphatic carbocycles. The van der Waals surface area contributed by atoms with E-state index < -0.39 is 0 Å². The summed E-state index contributed by atoms with van der Waals surface area (Å²) in [6.07, 6.45) is 0. The molecule has 1 N–H and O–H groups in total. The Bertz CT molecular complexity index is 920. The van der Waals surface area contributed by atoms with Gasteiger partial charge in [-0.3, -0.25) is 4.79 Å². The Hall–Kier alpha value is -2.95. The molecule has 1 aliphatic rings. The molecule has 1 aromatic heterocycles. The summed E-state index contributed by atoms with van der Waals surface area (Å²) in [7, 11) is 5.93. The van der Waals surface area contributed by atoms with Crippen molar-refractivity contribution in [3.05, 3.63) is 36.0 Å². The number of likely N-dealkylation sites (N-methyl/N-ethyl adjacent to an activating group) is 1. The van der Waals surface area contributed by atoms with Crippen molar-refractivity contribution >= 4 is 23.2 Å². The molecule has 10 nitrogen and oxygen atoms in total. The van der Waals surface area contributed by atoms with Gasteiger partial charge in [-0.2, -0.15) is 4.98 Å². The van der Waals surface area contributed by atoms with E-state index in [0.29, 0.717) is 70.2 Å². The molecule has 1 saturated heterocycles. The fourth-order valence-corrected chi connectivity index (χ4v) is 3.35. The quantitative estimate of drug-likeness (QED) is 0.466. The molecule has 0 bridgehead atoms. The van der Waals surface area contributed by atoms with Crippen LogP contribution in [-0.2, 0) is 9.47 Å². The van der Waals surface area contributed by atoms with Gasteiger partial charge < -0.3 is 34.2 Å². The lowest BCUT2D eigenvalue weighted by molar-refractivity contribution is 0.102. The van der Waals surface area contributed by atoms with Crippen LogP contribution in [0.25, 0.3) is 0 Å². The molecule has 1 aromatic carbocycles. The third-order valence-electron chi connectivity index (χ3n) is 5.38. The predicted molar refractivity (Wildman–Crippen MR) is 133 cm³/mol. The zero-order valence-electron chi connectivity index (χ0n) is 20.6. The lowest BCUT2D eigenvalue weighted by Gasteiger charge is -2.27. The summed E-state index contributed by atoms with van der Waals surface area (Å²) in [5.74, 6) is 0.533. The molecule has 34 heavy (non-hydrogen) atoms. The zero-order valence-corrected chi connectivity index (χ0v) is 20.6. The van der Waals surface area contributed by atoms with E-state index in [4.69, 9.17) is 14.2 Å². The maximum atomic E-state index is 13.1. The summed E-state index contributed by atoms with van der Waals surface area (Å²) in [4.78, 5) is 28.3. The van der Waals surface area contributed by atoms with Crippen LogP contribution in [0.15, 0.2) is 30.3 Å². The van der Waals surface area contributed by atoms with Crippen molar-refractivity contribution in [2.75, 3.05) is 95.5 Å². The molecular formula is C24H36N6O4. The maximum absolute atomic E-state index is 13.1. The third-order valence-corrected chi connectivity index (χ3v) is 5.38. The Labute approximate surface area is 201 Å². The number of nitrogens with one attached hydrogen (secondary N) is 1. The first kappa shape index (κ1) is 25.7. The Morgan fingerprint density at radius 1 is 1.12 bits per heavy atom. The van der Waals surface area contributed by atoms with Crippen LogP contribution >= 0.6 is 0 Å². The molecule has 10 heteroatoms. The number of nitrogens with zero attached hydrogens (tertiary/aromatic N) is 5. The van der Waals surface area contributed by atoms with Gasteiger partial charge in [0.2, 0.25) is 11.8 Å². The van der Waals surface area contributed by atoms with Crippen LogP contribution < -0.4 is 19.9 Å². The molecule has 1 aliphatic heterocycles. The molecule has 0 spiro atoms. The topological polar surface area (TPSA) is 92.3 Å². The van der Waals surface area contributed by atoms with Crippen molar-refractivity contribution in [3.63, 3.8) is 0 Å². The van der Waals surface area contributed by atoms with Crippen LogP contribution in [-0.4, -0.2) is 101 Å². The minimum absolute atomic E-state index is 0.256. The number of hydrogen-bond acceptors (Lipinski definition) is 9. The molecule has 186 valence electrons. The largest absolute Gasteiger partial charge is 0.476 e. The monoisotopic (exact) mass is 472 g/mol. The molecular weight excluding hydrogens is 436 g/mol. The zero-order chi connectivity index (χ0) is 24.3. The number of hydrogen-bond donors (Lipinski definition) is 1. The van der Waals surface area contributed by atoms with Crippen LogP contribution in [0.3, 0.4) is 0 Å². The fraction of sp³-hybridized carbons (Fsp3) is 0.542. The number of benzene rings is 1. The van der Waals surface area contributed by atoms with E-state index in [1.54, 1.807) is 6.07 Å². The minimum Gasteiger partial charge on any atom is -0.476 e. The summed E-state index contributed by atoms with van der Waals surface area (Å²) in [5.41, 5.74) is 1.94. The van der Waals surface area contributed by atoms with E-state index in [2.05, 4.69) is 20.2 Å². The van der Waals surface area contributed by atoms with Crippen molar-refractivity contribution in [3.8, 4) is 5.88 Å². The van der Waals surface area contributed by atoms with Crippen LogP contribution in [0.4, 0.5) is 17.3 Å². The van der Waals surface area contributed by atoms with Crippen molar-refractivity contribution in [2.24, 2.45) is 0 Å². The number of anilines is 3. The highest BCUT2D eigenvalue weighted by molar-refractivity contribution is 6.03. The van der Waals surface area contributed by atoms with Gasteiger partial charge in [0.1, 0.15) is 12.3 Å². The molecule has 2 aromatic rings. The van der Waals surface area contributed by atoms with Crippen LogP contribution in [0.1, 0.15) is 17.4 Å². The normalized spacial score (nSPS) is 13.7. The molecule has 0 atom stereocenters. The number of amides is 1. The number of carbonyl (C=O) groups is 1. The van der Waals surface area contributed by atoms with Gasteiger partial charge in [0.05, 0.1) is 19.8 Å². The number of aromatic nitrogens is 2. The Kier molecular flexibility index (Phi) is 9.87. The first-order chi connectivity index (χ1) is 16.5. The second-order valence-corrected chi connectivity index (χ2v) is 8.24. The molecule has 0 saturated carbocycles. The molecule has 3 rings (SSSR count). The highest BCUT2D eigenvalue weighted by Crippen LogP contribution is 2.20. The maximum Gasteiger partial charge on any atom is 0.274 e. The second kappa shape index (κ2) is 13.1. The summed E-state index contributed by atoms with van der Waals surface area (Å²) < 4.78 is 16.8. The minimum atomic E-state index is -0.313. The van der Waals surface area contributed by atoms with Crippen molar-refractivity contribution in [2.45, 2.75) is 6.92 Å². The molecule has 1 amide bonds. The van der Waals surface area contributed by atoms with Crippen LogP contribution in [0, 0.1) is 0 Å². The Morgan fingerprint density at radius 3 is 2.62 bits per heavy atom. The van der Waals surface area contributed by atoms with Crippen LogP contribution in [0.5, 0.6) is 5.88 Å². The summed E-state index contributed by atoms with van der Waals surface area (Å²) >= 11 is 0. The van der Waals surface area contributed by atoms with E-state index in [1.165, 1.54) is 0 Å². The molecule has 2 heterocycles. The smallest absolute Gasteiger partial charge is 0.274 e. The summed E-state index contributed by atoms with van der Waals surface area (Å²) in [6.45, 7) is 7.86. The first-order valence-corrected chi connectivity index (χ1v) is 11.7. The van der Waals surface area contributed by atoms with E-state index in [1.807, 2.05) is 62.1 Å². The van der Waals surface area contributed by atoms with Gasteiger partial charge >= 0.3 is 0 Å². The van der Waals surface area contributed by atoms with Gasteiger partial charge in [0, 0.05) is 64.3 Å². The van der Waals surface area contributed by atoms with Gasteiger partial charge in [-0.1, -0.05) is 6.07 Å². The summed E-state index contributed by atoms with van der Waals surface area (Å²) in [6, 6.07) is 9.24. The highest BCUT2D eigenvalue weighted by Gasteiger charge is 2.19. The van der Waals surface area contributed by atoms with Gasteiger partial charge in [-0.25, -0.2) is 4.98 Å².